The van der Waals surface area contributed by atoms with Gasteiger partial charge in [-0.1, -0.05) is 29.8 Å². The van der Waals surface area contributed by atoms with E-state index in [2.05, 4.69) is 18.2 Å². The summed E-state index contributed by atoms with van der Waals surface area (Å²) in [6.45, 7) is 0. The average Bonchev–Trinajstić information content (AvgIpc) is 2.66. The smallest absolute Gasteiger partial charge is 0.207 e. The first kappa shape index (κ1) is 16.1. The Kier molecular flexibility index (Phi) is 3.60. The highest BCUT2D eigenvalue weighted by molar-refractivity contribution is 6.30. The largest absolute Gasteiger partial charge is 0.340 e. The second-order valence-electron chi connectivity index (χ2n) is 9.03. The average molecular weight is 373 g/mol. The molecule has 0 unspecified atom stereocenters. The van der Waals surface area contributed by atoms with Crippen LogP contribution in [0, 0.1) is 23.7 Å². The van der Waals surface area contributed by atoms with Gasteiger partial charge >= 0.3 is 0 Å². The number of rotatable bonds is 1. The van der Waals surface area contributed by atoms with Gasteiger partial charge in [-0.3, -0.25) is 0 Å². The fraction of sp³-hybridized carbons (Fsp3) is 0.636. The third kappa shape index (κ3) is 2.30. The van der Waals surface area contributed by atoms with Gasteiger partial charge in [0, 0.05) is 16.9 Å². The van der Waals surface area contributed by atoms with Crippen molar-refractivity contribution in [3.8, 4) is 0 Å². The van der Waals surface area contributed by atoms with Crippen LogP contribution < -0.4 is 0 Å². The van der Waals surface area contributed by atoms with Crippen LogP contribution in [0.25, 0.3) is 5.57 Å². The number of benzene rings is 1. The predicted octanol–water partition coefficient (Wildman–Crippen LogP) is 5.39. The molecule has 7 rings (SSSR count). The van der Waals surface area contributed by atoms with E-state index in [0.29, 0.717) is 11.8 Å². The Labute approximate surface area is 159 Å². The van der Waals surface area contributed by atoms with E-state index in [4.69, 9.17) is 26.1 Å². The van der Waals surface area contributed by atoms with Crippen LogP contribution in [0.15, 0.2) is 30.3 Å². The summed E-state index contributed by atoms with van der Waals surface area (Å²) in [6, 6.07) is 8.00. The maximum Gasteiger partial charge on any atom is 0.207 e. The zero-order valence-corrected chi connectivity index (χ0v) is 15.7. The molecule has 6 aliphatic rings. The number of fused-ring (bicyclic) bond motifs is 1. The van der Waals surface area contributed by atoms with Crippen molar-refractivity contribution in [2.24, 2.45) is 23.7 Å². The van der Waals surface area contributed by atoms with Crippen LogP contribution in [0.1, 0.15) is 50.5 Å². The molecule has 3 nitrogen and oxygen atoms in total. The zero-order chi connectivity index (χ0) is 17.3. The molecule has 1 heterocycles. The molecule has 0 amide bonds. The van der Waals surface area contributed by atoms with Gasteiger partial charge < -0.3 is 4.74 Å². The molecule has 138 valence electrons. The molecule has 1 spiro atoms. The van der Waals surface area contributed by atoms with Gasteiger partial charge in [-0.2, -0.15) is 4.89 Å². The van der Waals surface area contributed by atoms with E-state index in [-0.39, 0.29) is 12.2 Å². The van der Waals surface area contributed by atoms with Gasteiger partial charge in [-0.05, 0) is 80.1 Å². The number of ether oxygens (including phenoxy) is 1. The summed E-state index contributed by atoms with van der Waals surface area (Å²) in [4.78, 5) is 12.3. The standard InChI is InChI=1S/C22H25ClO3/c23-18-6-4-15(5-7-18)19-2-1-3-20-21(19)25-26-22(24-20)16-9-13-8-14(11-16)12-17(22)10-13/h2,4-7,13-14,16-17,20-21H,1,3,8-12H2/t13?,14?,16?,17?,20-,21-,22?/m0/s1. The van der Waals surface area contributed by atoms with Crippen molar-refractivity contribution in [1.82, 2.24) is 0 Å². The Bertz CT molecular complexity index is 712. The fourth-order valence-corrected chi connectivity index (χ4v) is 6.71. The molecule has 4 bridgehead atoms. The Morgan fingerprint density at radius 2 is 1.62 bits per heavy atom. The molecule has 26 heavy (non-hydrogen) atoms. The van der Waals surface area contributed by atoms with Crippen LogP contribution in [0.2, 0.25) is 5.02 Å². The SMILES string of the molecule is Clc1ccc(C2=CCC[C@@H]3OC4(OO[C@@H]23)C2CC3CC(C2)CC4C3)cc1. The van der Waals surface area contributed by atoms with E-state index < -0.39 is 5.79 Å². The lowest BCUT2D eigenvalue weighted by Crippen LogP contribution is -2.65. The fourth-order valence-electron chi connectivity index (χ4n) is 6.58. The molecular weight excluding hydrogens is 348 g/mol. The van der Waals surface area contributed by atoms with Crippen LogP contribution in [0.4, 0.5) is 0 Å². The number of hydrogen-bond acceptors (Lipinski definition) is 3. The predicted molar refractivity (Wildman–Crippen MR) is 99.3 cm³/mol. The van der Waals surface area contributed by atoms with E-state index in [0.717, 1.165) is 35.3 Å². The van der Waals surface area contributed by atoms with Gasteiger partial charge in [-0.15, -0.1) is 0 Å². The van der Waals surface area contributed by atoms with Crippen molar-refractivity contribution in [2.75, 3.05) is 0 Å². The Hall–Kier alpha value is -0.870. The van der Waals surface area contributed by atoms with E-state index in [1.165, 1.54) is 37.7 Å². The number of hydrogen-bond donors (Lipinski definition) is 0. The van der Waals surface area contributed by atoms with Crippen LogP contribution in [-0.4, -0.2) is 18.0 Å². The first-order chi connectivity index (χ1) is 12.7. The van der Waals surface area contributed by atoms with E-state index in [9.17, 15) is 0 Å². The molecule has 0 aromatic heterocycles. The minimum absolute atomic E-state index is 0.0944. The maximum atomic E-state index is 6.82. The van der Waals surface area contributed by atoms with Crippen LogP contribution in [0.3, 0.4) is 0 Å². The summed E-state index contributed by atoms with van der Waals surface area (Å²) >= 11 is 6.06. The maximum absolute atomic E-state index is 6.82. The van der Waals surface area contributed by atoms with Crippen molar-refractivity contribution >= 4 is 17.2 Å². The van der Waals surface area contributed by atoms with Gasteiger partial charge in [0.15, 0.2) is 0 Å². The first-order valence-corrected chi connectivity index (χ1v) is 10.6. The first-order valence-electron chi connectivity index (χ1n) is 10.2. The number of halogens is 1. The minimum atomic E-state index is -0.475. The Balaban J connectivity index is 1.28. The highest BCUT2D eigenvalue weighted by Crippen LogP contribution is 2.61. The molecule has 0 radical (unpaired) electrons. The molecule has 0 N–H and O–H groups in total. The summed E-state index contributed by atoms with van der Waals surface area (Å²) in [5.41, 5.74) is 2.33. The van der Waals surface area contributed by atoms with Crippen LogP contribution >= 0.6 is 11.6 Å². The minimum Gasteiger partial charge on any atom is -0.340 e. The molecule has 1 aromatic rings. The highest BCUT2D eigenvalue weighted by atomic mass is 35.5. The second kappa shape index (κ2) is 5.81. The van der Waals surface area contributed by atoms with Crippen molar-refractivity contribution in [3.05, 3.63) is 40.9 Å². The Morgan fingerprint density at radius 3 is 2.31 bits per heavy atom. The molecule has 1 aliphatic heterocycles. The summed E-state index contributed by atoms with van der Waals surface area (Å²) in [7, 11) is 0. The van der Waals surface area contributed by atoms with Gasteiger partial charge in [0.25, 0.3) is 0 Å². The lowest BCUT2D eigenvalue weighted by Gasteiger charge is -2.61. The lowest BCUT2D eigenvalue weighted by molar-refractivity contribution is -0.532. The van der Waals surface area contributed by atoms with Gasteiger partial charge in [-0.25, -0.2) is 4.89 Å². The topological polar surface area (TPSA) is 27.7 Å². The molecule has 2 atom stereocenters. The molecule has 4 saturated carbocycles. The third-order valence-electron chi connectivity index (χ3n) is 7.53. The highest BCUT2D eigenvalue weighted by Gasteiger charge is 2.63. The Morgan fingerprint density at radius 1 is 0.923 bits per heavy atom. The monoisotopic (exact) mass is 372 g/mol. The van der Waals surface area contributed by atoms with Crippen molar-refractivity contribution in [2.45, 2.75) is 62.9 Å². The zero-order valence-electron chi connectivity index (χ0n) is 14.9. The van der Waals surface area contributed by atoms with Crippen LogP contribution in [-0.2, 0) is 14.5 Å². The second-order valence-corrected chi connectivity index (χ2v) is 9.46. The van der Waals surface area contributed by atoms with E-state index in [1.807, 2.05) is 12.1 Å². The molecule has 5 fully saturated rings. The molecule has 1 saturated heterocycles. The molecule has 5 aliphatic carbocycles. The normalized spacial score (nSPS) is 46.3. The molecule has 1 aromatic carbocycles. The molecular formula is C22H25ClO3. The van der Waals surface area contributed by atoms with Crippen molar-refractivity contribution < 1.29 is 14.5 Å². The van der Waals surface area contributed by atoms with Crippen LogP contribution in [0.5, 0.6) is 0 Å². The quantitative estimate of drug-likeness (QED) is 0.619. The number of allylic oxidation sites excluding steroid dienone is 1. The lowest BCUT2D eigenvalue weighted by atomic mass is 9.53. The molecule has 4 heteroatoms. The van der Waals surface area contributed by atoms with E-state index >= 15 is 0 Å². The van der Waals surface area contributed by atoms with Gasteiger partial charge in [0.05, 0.1) is 6.10 Å². The summed E-state index contributed by atoms with van der Waals surface area (Å²) in [5.74, 6) is 2.35. The third-order valence-corrected chi connectivity index (χ3v) is 7.78. The van der Waals surface area contributed by atoms with Crippen molar-refractivity contribution in [3.63, 3.8) is 0 Å². The summed E-state index contributed by atoms with van der Waals surface area (Å²) in [5, 5.41) is 0.756. The van der Waals surface area contributed by atoms with Gasteiger partial charge in [0.2, 0.25) is 5.79 Å². The summed E-state index contributed by atoms with van der Waals surface area (Å²) in [6.07, 6.45) is 10.7. The summed E-state index contributed by atoms with van der Waals surface area (Å²) < 4.78 is 6.82. The van der Waals surface area contributed by atoms with Gasteiger partial charge in [0.1, 0.15) is 6.10 Å². The van der Waals surface area contributed by atoms with E-state index in [1.54, 1.807) is 0 Å². The van der Waals surface area contributed by atoms with Crippen molar-refractivity contribution in [1.29, 1.82) is 0 Å².